The molecule has 5 heteroatoms. The van der Waals surface area contributed by atoms with Crippen LogP contribution < -0.4 is 10.6 Å². The van der Waals surface area contributed by atoms with E-state index in [9.17, 15) is 0 Å². The second-order valence-corrected chi connectivity index (χ2v) is 4.80. The maximum Gasteiger partial charge on any atom is 0.0731 e. The molecule has 1 aromatic carbocycles. The number of aromatic nitrogens is 1. The largest absolute Gasteiger partial charge is 0.314 e. The smallest absolute Gasteiger partial charge is 0.0731 e. The number of pyridine rings is 1. The second-order valence-electron chi connectivity index (χ2n) is 3.95. The maximum absolute atomic E-state index is 5.93. The predicted octanol–water partition coefficient (Wildman–Crippen LogP) is 2.72. The molecule has 0 saturated carbocycles. The minimum atomic E-state index is 0.678. The summed E-state index contributed by atoms with van der Waals surface area (Å²) in [6.07, 6.45) is 1.67. The summed E-state index contributed by atoms with van der Waals surface area (Å²) >= 11 is 11.7. The van der Waals surface area contributed by atoms with Crippen molar-refractivity contribution in [3.63, 3.8) is 0 Å². The van der Waals surface area contributed by atoms with Gasteiger partial charge in [-0.2, -0.15) is 0 Å². The van der Waals surface area contributed by atoms with Crippen LogP contribution in [0.25, 0.3) is 10.9 Å². The van der Waals surface area contributed by atoms with Crippen LogP contribution in [0.2, 0.25) is 10.0 Å². The van der Waals surface area contributed by atoms with Gasteiger partial charge in [-0.15, -0.1) is 0 Å². The fourth-order valence-electron chi connectivity index (χ4n) is 1.69. The van der Waals surface area contributed by atoms with E-state index < -0.39 is 0 Å². The van der Waals surface area contributed by atoms with Crippen molar-refractivity contribution in [1.29, 1.82) is 0 Å². The first-order valence-corrected chi connectivity index (χ1v) is 6.64. The zero-order chi connectivity index (χ0) is 12.8. The molecule has 1 aromatic heterocycles. The molecule has 2 N–H and O–H groups in total. The zero-order valence-corrected chi connectivity index (χ0v) is 11.4. The van der Waals surface area contributed by atoms with Gasteiger partial charge in [-0.05, 0) is 24.3 Å². The van der Waals surface area contributed by atoms with Crippen LogP contribution in [0.3, 0.4) is 0 Å². The van der Waals surface area contributed by atoms with E-state index in [0.717, 1.165) is 37.1 Å². The van der Waals surface area contributed by atoms with Gasteiger partial charge in [0.15, 0.2) is 0 Å². The number of rotatable bonds is 0. The first-order chi connectivity index (χ1) is 8.77. The quantitative estimate of drug-likeness (QED) is 0.781. The number of benzene rings is 1. The summed E-state index contributed by atoms with van der Waals surface area (Å²) in [6.45, 7) is 4.56. The lowest BCUT2D eigenvalue weighted by Gasteiger charge is -2.11. The third-order valence-corrected chi connectivity index (χ3v) is 3.17. The highest BCUT2D eigenvalue weighted by Gasteiger charge is 1.98. The number of piperazine rings is 1. The Morgan fingerprint density at radius 3 is 2.22 bits per heavy atom. The molecular weight excluding hydrogens is 269 g/mol. The molecule has 0 radical (unpaired) electrons. The van der Waals surface area contributed by atoms with Crippen LogP contribution in [0.1, 0.15) is 0 Å². The number of halogens is 2. The van der Waals surface area contributed by atoms with Crippen LogP contribution in [0.4, 0.5) is 0 Å². The van der Waals surface area contributed by atoms with Gasteiger partial charge in [-0.25, -0.2) is 0 Å². The van der Waals surface area contributed by atoms with Gasteiger partial charge in [-0.1, -0.05) is 23.2 Å². The van der Waals surface area contributed by atoms with Crippen LogP contribution in [0, 0.1) is 0 Å². The van der Waals surface area contributed by atoms with Crippen LogP contribution in [0.15, 0.2) is 30.5 Å². The van der Waals surface area contributed by atoms with E-state index in [2.05, 4.69) is 15.6 Å². The van der Waals surface area contributed by atoms with E-state index >= 15 is 0 Å². The first kappa shape index (κ1) is 13.6. The Balaban J connectivity index is 0.000000169. The highest BCUT2D eigenvalue weighted by Crippen LogP contribution is 2.23. The summed E-state index contributed by atoms with van der Waals surface area (Å²) in [7, 11) is 0. The Bertz CT molecular complexity index is 501. The summed E-state index contributed by atoms with van der Waals surface area (Å²) in [5.41, 5.74) is 0.829. The van der Waals surface area contributed by atoms with E-state index in [1.54, 1.807) is 24.4 Å². The maximum atomic E-state index is 5.93. The van der Waals surface area contributed by atoms with E-state index in [-0.39, 0.29) is 0 Å². The molecule has 96 valence electrons. The topological polar surface area (TPSA) is 37.0 Å². The lowest BCUT2D eigenvalue weighted by molar-refractivity contribution is 0.534. The summed E-state index contributed by atoms with van der Waals surface area (Å²) in [6, 6.07) is 7.23. The van der Waals surface area contributed by atoms with Crippen molar-refractivity contribution in [3.8, 4) is 0 Å². The summed E-state index contributed by atoms with van der Waals surface area (Å²) in [4.78, 5) is 4.13. The normalized spacial score (nSPS) is 15.0. The van der Waals surface area contributed by atoms with Crippen LogP contribution in [0.5, 0.6) is 0 Å². The van der Waals surface area contributed by atoms with Gasteiger partial charge in [0.1, 0.15) is 0 Å². The second kappa shape index (κ2) is 6.90. The van der Waals surface area contributed by atoms with E-state index in [0.29, 0.717) is 10.0 Å². The molecule has 2 heterocycles. The van der Waals surface area contributed by atoms with E-state index in [4.69, 9.17) is 23.2 Å². The molecule has 2 aromatic rings. The first-order valence-electron chi connectivity index (χ1n) is 5.88. The van der Waals surface area contributed by atoms with Crippen molar-refractivity contribution in [2.75, 3.05) is 26.2 Å². The number of hydrogen-bond acceptors (Lipinski definition) is 3. The Morgan fingerprint density at radius 1 is 0.944 bits per heavy atom. The summed E-state index contributed by atoms with van der Waals surface area (Å²) in [5, 5.41) is 8.76. The highest BCUT2D eigenvalue weighted by molar-refractivity contribution is 6.36. The van der Waals surface area contributed by atoms with Gasteiger partial charge in [0.2, 0.25) is 0 Å². The summed E-state index contributed by atoms with van der Waals surface area (Å²) in [5.74, 6) is 0. The molecule has 1 fully saturated rings. The summed E-state index contributed by atoms with van der Waals surface area (Å²) < 4.78 is 0. The predicted molar refractivity (Wildman–Crippen MR) is 77.5 cm³/mol. The average Bonchev–Trinajstić information content (AvgIpc) is 2.41. The third kappa shape index (κ3) is 3.82. The zero-order valence-electron chi connectivity index (χ0n) is 9.92. The van der Waals surface area contributed by atoms with Crippen LogP contribution in [-0.2, 0) is 0 Å². The van der Waals surface area contributed by atoms with Gasteiger partial charge < -0.3 is 10.6 Å². The van der Waals surface area contributed by atoms with Crippen molar-refractivity contribution in [2.24, 2.45) is 0 Å². The Hall–Kier alpha value is -0.870. The molecule has 0 atom stereocenters. The molecule has 3 rings (SSSR count). The molecule has 0 aliphatic carbocycles. The third-order valence-electron chi connectivity index (χ3n) is 2.61. The molecular formula is C13H15Cl2N3. The highest BCUT2D eigenvalue weighted by atomic mass is 35.5. The number of nitrogens with zero attached hydrogens (tertiary/aromatic N) is 1. The monoisotopic (exact) mass is 283 g/mol. The minimum Gasteiger partial charge on any atom is -0.314 e. The number of nitrogens with one attached hydrogen (secondary N) is 2. The Morgan fingerprint density at radius 2 is 1.61 bits per heavy atom. The molecule has 18 heavy (non-hydrogen) atoms. The van der Waals surface area contributed by atoms with Gasteiger partial charge in [0, 0.05) is 42.8 Å². The molecule has 0 spiro atoms. The SMILES string of the molecule is C1CNCCN1.Clc1ccc2c(Cl)ccnc2c1. The lowest BCUT2D eigenvalue weighted by atomic mass is 10.2. The molecule has 0 unspecified atom stereocenters. The van der Waals surface area contributed by atoms with Crippen molar-refractivity contribution in [2.45, 2.75) is 0 Å². The molecule has 1 saturated heterocycles. The average molecular weight is 284 g/mol. The molecule has 1 aliphatic heterocycles. The van der Waals surface area contributed by atoms with E-state index in [1.165, 1.54) is 0 Å². The number of fused-ring (bicyclic) bond motifs is 1. The van der Waals surface area contributed by atoms with Crippen LogP contribution >= 0.6 is 23.2 Å². The van der Waals surface area contributed by atoms with Crippen LogP contribution in [-0.4, -0.2) is 31.2 Å². The molecule has 0 amide bonds. The van der Waals surface area contributed by atoms with Crippen molar-refractivity contribution in [3.05, 3.63) is 40.5 Å². The Labute approximate surface area is 116 Å². The fourth-order valence-corrected chi connectivity index (χ4v) is 2.07. The van der Waals surface area contributed by atoms with Gasteiger partial charge >= 0.3 is 0 Å². The van der Waals surface area contributed by atoms with Crippen molar-refractivity contribution in [1.82, 2.24) is 15.6 Å². The van der Waals surface area contributed by atoms with Gasteiger partial charge in [0.05, 0.1) is 10.5 Å². The molecule has 3 nitrogen and oxygen atoms in total. The van der Waals surface area contributed by atoms with Crippen molar-refractivity contribution < 1.29 is 0 Å². The fraction of sp³-hybridized carbons (Fsp3) is 0.308. The van der Waals surface area contributed by atoms with Crippen molar-refractivity contribution >= 4 is 34.1 Å². The molecule has 1 aliphatic rings. The molecule has 0 bridgehead atoms. The Kier molecular flexibility index (Phi) is 5.20. The van der Waals surface area contributed by atoms with E-state index in [1.807, 2.05) is 6.07 Å². The van der Waals surface area contributed by atoms with Gasteiger partial charge in [-0.3, -0.25) is 4.98 Å². The standard InChI is InChI=1S/C9H5Cl2N.C4H10N2/c10-6-1-2-7-8(11)3-4-12-9(7)5-6;1-2-6-4-3-5-1/h1-5H;5-6H,1-4H2. The lowest BCUT2D eigenvalue weighted by Crippen LogP contribution is -2.39. The minimum absolute atomic E-state index is 0.678. The number of hydrogen-bond donors (Lipinski definition) is 2. The van der Waals surface area contributed by atoms with Gasteiger partial charge in [0.25, 0.3) is 0 Å².